The van der Waals surface area contributed by atoms with E-state index < -0.39 is 16.0 Å². The van der Waals surface area contributed by atoms with Gasteiger partial charge in [-0.1, -0.05) is 12.1 Å². The molecule has 12 heteroatoms. The molecule has 2 aromatic heterocycles. The molecule has 3 N–H and O–H groups in total. The first-order chi connectivity index (χ1) is 18.8. The summed E-state index contributed by atoms with van der Waals surface area (Å²) in [5, 5.41) is 12.3. The number of sulfonamides is 1. The summed E-state index contributed by atoms with van der Waals surface area (Å²) in [5.41, 5.74) is 2.63. The van der Waals surface area contributed by atoms with Crippen molar-refractivity contribution in [3.63, 3.8) is 0 Å². The summed E-state index contributed by atoms with van der Waals surface area (Å²) in [4.78, 5) is 20.2. The summed E-state index contributed by atoms with van der Waals surface area (Å²) < 4.78 is 41.2. The zero-order chi connectivity index (χ0) is 27.6. The van der Waals surface area contributed by atoms with Crippen molar-refractivity contribution in [3.05, 3.63) is 90.9 Å². The van der Waals surface area contributed by atoms with Gasteiger partial charge in [0.1, 0.15) is 0 Å². The van der Waals surface area contributed by atoms with Gasteiger partial charge in [0.25, 0.3) is 10.0 Å². The van der Waals surface area contributed by atoms with E-state index in [-0.39, 0.29) is 16.1 Å². The quantitative estimate of drug-likeness (QED) is 0.241. The lowest BCUT2D eigenvalue weighted by atomic mass is 10.1. The smallest absolute Gasteiger partial charge is 0.335 e. The molecule has 0 aliphatic heterocycles. The van der Waals surface area contributed by atoms with E-state index in [2.05, 4.69) is 15.0 Å². The summed E-state index contributed by atoms with van der Waals surface area (Å²) >= 11 is 0. The zero-order valence-corrected chi connectivity index (χ0v) is 21.6. The van der Waals surface area contributed by atoms with Crippen LogP contribution in [0.5, 0.6) is 11.5 Å². The van der Waals surface area contributed by atoms with Crippen LogP contribution in [-0.2, 0) is 10.0 Å². The average Bonchev–Trinajstić information content (AvgIpc) is 3.42. The number of hydrogen-bond acceptors (Lipinski definition) is 8. The van der Waals surface area contributed by atoms with Crippen LogP contribution in [0.25, 0.3) is 16.9 Å². The van der Waals surface area contributed by atoms with Crippen LogP contribution in [0.1, 0.15) is 10.4 Å². The second-order valence-electron chi connectivity index (χ2n) is 8.34. The summed E-state index contributed by atoms with van der Waals surface area (Å²) in [7, 11) is -0.859. The van der Waals surface area contributed by atoms with Gasteiger partial charge in [-0.25, -0.2) is 23.2 Å². The Labute approximate surface area is 223 Å². The highest BCUT2D eigenvalue weighted by Crippen LogP contribution is 2.32. The minimum Gasteiger partial charge on any atom is -0.493 e. The second-order valence-corrected chi connectivity index (χ2v) is 10.0. The number of fused-ring (bicyclic) bond motifs is 1. The SMILES string of the molecule is COc1ccc(Nc2nc(-c3cccc(S(=O)(=O)Nc4ccc(C(=O)O)cc4)c3)cn3ccnc23)cc1OC. The van der Waals surface area contributed by atoms with Crippen LogP contribution in [0, 0.1) is 0 Å². The van der Waals surface area contributed by atoms with Crippen molar-refractivity contribution in [3.8, 4) is 22.8 Å². The van der Waals surface area contributed by atoms with Crippen molar-refractivity contribution >= 4 is 38.8 Å². The van der Waals surface area contributed by atoms with Gasteiger partial charge in [0.15, 0.2) is 23.0 Å². The molecule has 39 heavy (non-hydrogen) atoms. The first kappa shape index (κ1) is 25.5. The lowest BCUT2D eigenvalue weighted by Crippen LogP contribution is -2.13. The number of methoxy groups -OCH3 is 2. The first-order valence-corrected chi connectivity index (χ1v) is 13.0. The molecular weight excluding hydrogens is 522 g/mol. The fourth-order valence-corrected chi connectivity index (χ4v) is 5.03. The molecule has 0 aliphatic rings. The van der Waals surface area contributed by atoms with Gasteiger partial charge >= 0.3 is 5.97 Å². The van der Waals surface area contributed by atoms with Crippen LogP contribution < -0.4 is 19.5 Å². The number of aromatic nitrogens is 3. The van der Waals surface area contributed by atoms with Gasteiger partial charge in [-0.05, 0) is 48.5 Å². The van der Waals surface area contributed by atoms with Crippen molar-refractivity contribution in [2.75, 3.05) is 24.3 Å². The van der Waals surface area contributed by atoms with Crippen molar-refractivity contribution in [1.29, 1.82) is 0 Å². The number of anilines is 3. The maximum atomic E-state index is 13.1. The van der Waals surface area contributed by atoms with Crippen molar-refractivity contribution in [2.45, 2.75) is 4.90 Å². The Bertz CT molecular complexity index is 1780. The van der Waals surface area contributed by atoms with E-state index in [1.54, 1.807) is 61.5 Å². The molecule has 2 heterocycles. The molecular formula is C27H23N5O6S. The van der Waals surface area contributed by atoms with Crippen molar-refractivity contribution in [1.82, 2.24) is 14.4 Å². The largest absolute Gasteiger partial charge is 0.493 e. The van der Waals surface area contributed by atoms with E-state index in [9.17, 15) is 13.2 Å². The van der Waals surface area contributed by atoms with Gasteiger partial charge in [0, 0.05) is 41.6 Å². The lowest BCUT2D eigenvalue weighted by molar-refractivity contribution is 0.0697. The number of aromatic carboxylic acids is 1. The Kier molecular flexibility index (Phi) is 6.77. The van der Waals surface area contributed by atoms with Crippen LogP contribution in [0.2, 0.25) is 0 Å². The molecule has 5 aromatic rings. The van der Waals surface area contributed by atoms with Crippen LogP contribution in [0.15, 0.2) is 90.2 Å². The van der Waals surface area contributed by atoms with E-state index in [1.807, 2.05) is 6.07 Å². The summed E-state index contributed by atoms with van der Waals surface area (Å²) in [6.45, 7) is 0. The predicted molar refractivity (Wildman–Crippen MR) is 145 cm³/mol. The average molecular weight is 546 g/mol. The summed E-state index contributed by atoms with van der Waals surface area (Å²) in [5.74, 6) is 0.482. The highest BCUT2D eigenvalue weighted by Gasteiger charge is 2.17. The first-order valence-electron chi connectivity index (χ1n) is 11.6. The lowest BCUT2D eigenvalue weighted by Gasteiger charge is -2.13. The number of nitrogens with zero attached hydrogens (tertiary/aromatic N) is 3. The summed E-state index contributed by atoms with van der Waals surface area (Å²) in [6, 6.07) is 17.2. The third-order valence-corrected chi connectivity index (χ3v) is 7.22. The van der Waals surface area contributed by atoms with Gasteiger partial charge in [-0.3, -0.25) is 4.72 Å². The Morgan fingerprint density at radius 2 is 1.69 bits per heavy atom. The van der Waals surface area contributed by atoms with Gasteiger partial charge < -0.3 is 24.3 Å². The second kappa shape index (κ2) is 10.3. The van der Waals surface area contributed by atoms with Crippen LogP contribution in [0.3, 0.4) is 0 Å². The molecule has 3 aromatic carbocycles. The number of hydrogen-bond donors (Lipinski definition) is 3. The molecule has 0 aliphatic carbocycles. The van der Waals surface area contributed by atoms with Gasteiger partial charge in [-0.2, -0.15) is 0 Å². The van der Waals surface area contributed by atoms with Crippen LogP contribution >= 0.6 is 0 Å². The number of ether oxygens (including phenoxy) is 2. The van der Waals surface area contributed by atoms with E-state index in [4.69, 9.17) is 19.6 Å². The van der Waals surface area contributed by atoms with E-state index >= 15 is 0 Å². The van der Waals surface area contributed by atoms with Crippen molar-refractivity contribution < 1.29 is 27.8 Å². The van der Waals surface area contributed by atoms with E-state index in [0.29, 0.717) is 39.9 Å². The van der Waals surface area contributed by atoms with Gasteiger partial charge in [0.05, 0.1) is 30.4 Å². The standard InChI is InChI=1S/C27H23N5O6S/c1-37-23-11-10-20(15-24(23)38-2)29-25-26-28-12-13-32(26)16-22(30-25)18-4-3-5-21(14-18)39(35,36)31-19-8-6-17(7-9-19)27(33)34/h3-16,31H,1-2H3,(H,29,30)(H,33,34). The van der Waals surface area contributed by atoms with Gasteiger partial charge in [-0.15, -0.1) is 0 Å². The minimum atomic E-state index is -3.97. The van der Waals surface area contributed by atoms with Crippen molar-refractivity contribution in [2.24, 2.45) is 0 Å². The molecule has 11 nitrogen and oxygen atoms in total. The Morgan fingerprint density at radius 3 is 2.41 bits per heavy atom. The number of benzene rings is 3. The number of rotatable bonds is 9. The molecule has 198 valence electrons. The normalized spacial score (nSPS) is 11.2. The van der Waals surface area contributed by atoms with E-state index in [0.717, 1.165) is 0 Å². The highest BCUT2D eigenvalue weighted by atomic mass is 32.2. The zero-order valence-electron chi connectivity index (χ0n) is 20.8. The molecule has 0 unspecified atom stereocenters. The third kappa shape index (κ3) is 5.31. The topological polar surface area (TPSA) is 144 Å². The summed E-state index contributed by atoms with van der Waals surface area (Å²) in [6.07, 6.45) is 5.16. The van der Waals surface area contributed by atoms with E-state index in [1.165, 1.54) is 36.4 Å². The Morgan fingerprint density at radius 1 is 0.949 bits per heavy atom. The molecule has 0 amide bonds. The molecule has 5 rings (SSSR count). The molecule has 0 bridgehead atoms. The molecule has 0 radical (unpaired) electrons. The van der Waals surface area contributed by atoms with Gasteiger partial charge in [0.2, 0.25) is 0 Å². The third-order valence-electron chi connectivity index (χ3n) is 5.84. The predicted octanol–water partition coefficient (Wildman–Crippen LogP) is 4.66. The minimum absolute atomic E-state index is 0.0178. The fourth-order valence-electron chi connectivity index (χ4n) is 3.92. The number of imidazole rings is 1. The number of carbonyl (C=O) groups is 1. The maximum Gasteiger partial charge on any atom is 0.335 e. The molecule has 0 spiro atoms. The van der Waals surface area contributed by atoms with Crippen LogP contribution in [0.4, 0.5) is 17.2 Å². The number of nitrogens with one attached hydrogen (secondary N) is 2. The molecule has 0 saturated heterocycles. The fraction of sp³-hybridized carbons (Fsp3) is 0.0741. The number of carboxylic acids is 1. The van der Waals surface area contributed by atoms with Crippen LogP contribution in [-0.4, -0.2) is 48.1 Å². The molecule has 0 fully saturated rings. The Hall–Kier alpha value is -5.10. The molecule has 0 saturated carbocycles. The monoisotopic (exact) mass is 545 g/mol. The Balaban J connectivity index is 1.48. The molecule has 0 atom stereocenters. The maximum absolute atomic E-state index is 13.1. The highest BCUT2D eigenvalue weighted by molar-refractivity contribution is 7.92. The number of carboxylic acid groups (broad SMARTS) is 1.